The molecular weight excluding hydrogens is 546 g/mol. The van der Waals surface area contributed by atoms with Crippen molar-refractivity contribution in [2.24, 2.45) is 0 Å². The Balaban J connectivity index is 1.16. The summed E-state index contributed by atoms with van der Waals surface area (Å²) >= 11 is 0. The lowest BCUT2D eigenvalue weighted by atomic mass is 9.89. The summed E-state index contributed by atoms with van der Waals surface area (Å²) in [5.41, 5.74) is 4.67. The Labute approximate surface area is 249 Å². The van der Waals surface area contributed by atoms with Crippen molar-refractivity contribution >= 4 is 34.4 Å². The van der Waals surface area contributed by atoms with Gasteiger partial charge in [-0.05, 0) is 53.6 Å². The number of amides is 4. The van der Waals surface area contributed by atoms with E-state index in [-0.39, 0.29) is 11.8 Å². The predicted molar refractivity (Wildman–Crippen MR) is 161 cm³/mol. The first kappa shape index (κ1) is 27.2. The summed E-state index contributed by atoms with van der Waals surface area (Å²) in [6.07, 6.45) is 0.407. The monoisotopic (exact) mass is 579 g/mol. The minimum absolute atomic E-state index is 0.195. The smallest absolute Gasteiger partial charge is 0.332 e. The van der Waals surface area contributed by atoms with E-state index in [1.165, 1.54) is 4.90 Å². The van der Waals surface area contributed by atoms with Gasteiger partial charge >= 0.3 is 6.03 Å². The Hall–Kier alpha value is -4.67. The van der Waals surface area contributed by atoms with Crippen molar-refractivity contribution in [1.29, 1.82) is 0 Å². The fourth-order valence-electron chi connectivity index (χ4n) is 6.49. The number of aromatic nitrogens is 1. The molecule has 2 fully saturated rings. The predicted octanol–water partition coefficient (Wildman–Crippen LogP) is 3.72. The normalized spacial score (nSPS) is 20.3. The number of urea groups is 1. The van der Waals surface area contributed by atoms with Gasteiger partial charge in [-0.1, -0.05) is 30.3 Å². The van der Waals surface area contributed by atoms with Crippen molar-refractivity contribution < 1.29 is 23.9 Å². The van der Waals surface area contributed by atoms with Gasteiger partial charge in [0.25, 0.3) is 11.8 Å². The SMILES string of the molecule is COc1cccc([C@H]2c3[nH]c4ccccc4c3C[C@H]3C(=O)N(c4ccc(C(=O)NCCN5CCOCC5)cc4)C(=O)N23)c1. The van der Waals surface area contributed by atoms with Gasteiger partial charge in [-0.15, -0.1) is 0 Å². The van der Waals surface area contributed by atoms with Crippen molar-refractivity contribution in [3.63, 3.8) is 0 Å². The number of para-hydroxylation sites is 1. The minimum Gasteiger partial charge on any atom is -0.497 e. The van der Waals surface area contributed by atoms with Crippen molar-refractivity contribution in [3.8, 4) is 5.75 Å². The number of fused-ring (bicyclic) bond motifs is 4. The van der Waals surface area contributed by atoms with E-state index in [4.69, 9.17) is 9.47 Å². The second-order valence-corrected chi connectivity index (χ2v) is 11.1. The van der Waals surface area contributed by atoms with Gasteiger partial charge in [-0.3, -0.25) is 19.4 Å². The molecule has 0 unspecified atom stereocenters. The number of morpholine rings is 1. The van der Waals surface area contributed by atoms with E-state index >= 15 is 0 Å². The van der Waals surface area contributed by atoms with E-state index in [0.29, 0.717) is 43.2 Å². The molecule has 220 valence electrons. The van der Waals surface area contributed by atoms with Crippen LogP contribution in [0.5, 0.6) is 5.75 Å². The number of carbonyl (C=O) groups excluding carboxylic acids is 3. The Morgan fingerprint density at radius 2 is 1.81 bits per heavy atom. The van der Waals surface area contributed by atoms with Gasteiger partial charge in [0, 0.05) is 54.8 Å². The molecule has 43 heavy (non-hydrogen) atoms. The number of nitrogens with one attached hydrogen (secondary N) is 2. The molecule has 2 N–H and O–H groups in total. The summed E-state index contributed by atoms with van der Waals surface area (Å²) in [6.45, 7) is 4.43. The van der Waals surface area contributed by atoms with Crippen LogP contribution in [0.25, 0.3) is 10.9 Å². The van der Waals surface area contributed by atoms with Gasteiger partial charge in [-0.25, -0.2) is 9.69 Å². The number of carbonyl (C=O) groups is 3. The highest BCUT2D eigenvalue weighted by molar-refractivity contribution is 6.22. The number of hydrogen-bond acceptors (Lipinski definition) is 6. The summed E-state index contributed by atoms with van der Waals surface area (Å²) in [6, 6.07) is 20.7. The van der Waals surface area contributed by atoms with Gasteiger partial charge in [0.2, 0.25) is 0 Å². The highest BCUT2D eigenvalue weighted by Gasteiger charge is 2.53. The topological polar surface area (TPSA) is 107 Å². The number of ether oxygens (including phenoxy) is 2. The molecule has 1 aromatic heterocycles. The Bertz CT molecular complexity index is 1690. The van der Waals surface area contributed by atoms with Gasteiger partial charge in [-0.2, -0.15) is 0 Å². The molecule has 0 radical (unpaired) electrons. The summed E-state index contributed by atoms with van der Waals surface area (Å²) in [7, 11) is 1.61. The van der Waals surface area contributed by atoms with Crippen LogP contribution in [0.4, 0.5) is 10.5 Å². The molecule has 7 rings (SSSR count). The number of rotatable bonds is 7. The van der Waals surface area contributed by atoms with Gasteiger partial charge in [0.05, 0.1) is 26.0 Å². The fraction of sp³-hybridized carbons (Fsp3) is 0.303. The largest absolute Gasteiger partial charge is 0.497 e. The first-order chi connectivity index (χ1) is 21.0. The van der Waals surface area contributed by atoms with E-state index in [9.17, 15) is 14.4 Å². The molecule has 10 nitrogen and oxygen atoms in total. The van der Waals surface area contributed by atoms with Crippen LogP contribution in [0.2, 0.25) is 0 Å². The molecule has 0 aliphatic carbocycles. The molecule has 3 aliphatic rings. The third-order valence-electron chi connectivity index (χ3n) is 8.66. The van der Waals surface area contributed by atoms with E-state index in [0.717, 1.165) is 47.4 Å². The number of anilines is 1. The third-order valence-corrected chi connectivity index (χ3v) is 8.66. The Morgan fingerprint density at radius 1 is 1.02 bits per heavy atom. The molecule has 2 atom stereocenters. The van der Waals surface area contributed by atoms with Crippen LogP contribution in [-0.4, -0.2) is 85.2 Å². The summed E-state index contributed by atoms with van der Waals surface area (Å²) < 4.78 is 10.9. The molecule has 2 saturated heterocycles. The Kier molecular flexibility index (Phi) is 7.08. The van der Waals surface area contributed by atoms with Gasteiger partial charge < -0.3 is 19.8 Å². The van der Waals surface area contributed by atoms with Crippen molar-refractivity contribution in [3.05, 3.63) is 95.2 Å². The molecular formula is C33H33N5O5. The number of aromatic amines is 1. The number of methoxy groups -OCH3 is 1. The number of H-pyrrole nitrogens is 1. The maximum absolute atomic E-state index is 14.1. The van der Waals surface area contributed by atoms with Crippen LogP contribution in [0.3, 0.4) is 0 Å². The van der Waals surface area contributed by atoms with E-state index in [2.05, 4.69) is 15.2 Å². The highest BCUT2D eigenvalue weighted by atomic mass is 16.5. The lowest BCUT2D eigenvalue weighted by Gasteiger charge is -2.36. The Morgan fingerprint density at radius 3 is 2.60 bits per heavy atom. The van der Waals surface area contributed by atoms with Crippen LogP contribution in [0, 0.1) is 0 Å². The zero-order valence-corrected chi connectivity index (χ0v) is 23.9. The van der Waals surface area contributed by atoms with Crippen molar-refractivity contribution in [2.75, 3.05) is 51.4 Å². The lowest BCUT2D eigenvalue weighted by Crippen LogP contribution is -2.44. The second kappa shape index (κ2) is 11.2. The summed E-state index contributed by atoms with van der Waals surface area (Å²) in [5.74, 6) is 0.197. The first-order valence-corrected chi connectivity index (χ1v) is 14.6. The summed E-state index contributed by atoms with van der Waals surface area (Å²) in [4.78, 5) is 49.6. The standard InChI is InChI=1S/C33H33N5O5/c1-42-24-6-4-5-22(19-24)30-29-26(25-7-2-3-8-27(25)35-29)20-28-32(40)37(33(41)38(28)30)23-11-9-21(10-12-23)31(39)34-13-14-36-15-17-43-18-16-36/h2-12,19,28,30,35H,13-18,20H2,1H3,(H,34,39)/t28-,30-/m0/s1. The molecule has 4 aromatic rings. The van der Waals surface area contributed by atoms with Crippen molar-refractivity contribution in [1.82, 2.24) is 20.1 Å². The van der Waals surface area contributed by atoms with Crippen LogP contribution >= 0.6 is 0 Å². The molecule has 10 heteroatoms. The van der Waals surface area contributed by atoms with Crippen LogP contribution in [-0.2, 0) is 16.0 Å². The van der Waals surface area contributed by atoms with E-state index < -0.39 is 18.1 Å². The van der Waals surface area contributed by atoms with Gasteiger partial charge in [0.1, 0.15) is 17.8 Å². The van der Waals surface area contributed by atoms with E-state index in [1.807, 2.05) is 48.5 Å². The van der Waals surface area contributed by atoms with Crippen LogP contribution in [0.15, 0.2) is 72.8 Å². The molecule has 4 heterocycles. The summed E-state index contributed by atoms with van der Waals surface area (Å²) in [5, 5.41) is 4.01. The highest BCUT2D eigenvalue weighted by Crippen LogP contribution is 2.45. The average Bonchev–Trinajstić information content (AvgIpc) is 3.54. The quantitative estimate of drug-likeness (QED) is 0.323. The zero-order chi connectivity index (χ0) is 29.5. The third kappa shape index (κ3) is 4.82. The fourth-order valence-corrected chi connectivity index (χ4v) is 6.49. The van der Waals surface area contributed by atoms with E-state index in [1.54, 1.807) is 36.3 Å². The van der Waals surface area contributed by atoms with Crippen molar-refractivity contribution in [2.45, 2.75) is 18.5 Å². The number of nitrogens with zero attached hydrogens (tertiary/aromatic N) is 3. The molecule has 3 aromatic carbocycles. The first-order valence-electron chi connectivity index (χ1n) is 14.6. The maximum atomic E-state index is 14.1. The van der Waals surface area contributed by atoms with Crippen LogP contribution in [0.1, 0.15) is 33.2 Å². The van der Waals surface area contributed by atoms with Gasteiger partial charge in [0.15, 0.2) is 0 Å². The lowest BCUT2D eigenvalue weighted by molar-refractivity contribution is -0.120. The average molecular weight is 580 g/mol. The molecule has 0 bridgehead atoms. The molecule has 4 amide bonds. The second-order valence-electron chi connectivity index (χ2n) is 11.1. The van der Waals surface area contributed by atoms with Crippen LogP contribution < -0.4 is 15.0 Å². The maximum Gasteiger partial charge on any atom is 0.332 e. The molecule has 3 aliphatic heterocycles. The zero-order valence-electron chi connectivity index (χ0n) is 23.9. The molecule has 0 spiro atoms. The number of hydrogen-bond donors (Lipinski definition) is 2. The molecule has 0 saturated carbocycles. The number of imide groups is 1. The number of benzene rings is 3. The minimum atomic E-state index is -0.668.